The van der Waals surface area contributed by atoms with Gasteiger partial charge in [-0.05, 0) is 26.3 Å². The molecule has 0 aliphatic carbocycles. The number of hydrogen-bond donors (Lipinski definition) is 2. The molecule has 0 saturated carbocycles. The number of nitrogens with zero attached hydrogens (tertiary/aromatic N) is 1. The van der Waals surface area contributed by atoms with Gasteiger partial charge in [0.2, 0.25) is 0 Å². The van der Waals surface area contributed by atoms with E-state index in [2.05, 4.69) is 10.3 Å². The average Bonchev–Trinajstić information content (AvgIpc) is 2.09. The van der Waals surface area contributed by atoms with Crippen LogP contribution in [0.15, 0.2) is 12.3 Å². The summed E-state index contributed by atoms with van der Waals surface area (Å²) in [5.74, 6) is 0.583. The Bertz CT molecular complexity index is 342. The largest absolute Gasteiger partial charge is 0.396 e. The Morgan fingerprint density at radius 3 is 2.67 bits per heavy atom. The quantitative estimate of drug-likeness (QED) is 0.862. The number of anilines is 1. The Hall–Kier alpha value is -0.510. The van der Waals surface area contributed by atoms with Crippen LogP contribution in [0.1, 0.15) is 20.3 Å². The maximum absolute atomic E-state index is 8.88. The first-order chi connectivity index (χ1) is 6.94. The van der Waals surface area contributed by atoms with Crippen molar-refractivity contribution in [1.82, 2.24) is 4.98 Å². The molecule has 3 nitrogen and oxygen atoms in total. The van der Waals surface area contributed by atoms with E-state index in [0.717, 1.165) is 0 Å². The number of hydrogen-bond acceptors (Lipinski definition) is 3. The predicted molar refractivity (Wildman–Crippen MR) is 63.7 cm³/mol. The standard InChI is InChI=1S/C10H14Cl2N2O/c1-10(2,3-4-15)14-9-8(12)5-7(11)6-13-9/h5-6,15H,3-4H2,1-2H3,(H,13,14). The second-order valence-corrected chi connectivity index (χ2v) is 4.81. The van der Waals surface area contributed by atoms with E-state index >= 15 is 0 Å². The van der Waals surface area contributed by atoms with Gasteiger partial charge in [0.15, 0.2) is 0 Å². The highest BCUT2D eigenvalue weighted by Gasteiger charge is 2.18. The van der Waals surface area contributed by atoms with Crippen LogP contribution in [0.25, 0.3) is 0 Å². The zero-order valence-electron chi connectivity index (χ0n) is 8.72. The lowest BCUT2D eigenvalue weighted by Crippen LogP contribution is -2.32. The molecule has 1 aromatic heterocycles. The van der Waals surface area contributed by atoms with Crippen molar-refractivity contribution in [2.45, 2.75) is 25.8 Å². The molecule has 0 aliphatic rings. The number of rotatable bonds is 4. The topological polar surface area (TPSA) is 45.1 Å². The third-order valence-electron chi connectivity index (χ3n) is 2.00. The van der Waals surface area contributed by atoms with Crippen molar-refractivity contribution in [1.29, 1.82) is 0 Å². The molecule has 0 saturated heterocycles. The molecule has 0 spiro atoms. The van der Waals surface area contributed by atoms with Crippen LogP contribution in [-0.2, 0) is 0 Å². The van der Waals surface area contributed by atoms with Gasteiger partial charge in [0, 0.05) is 18.3 Å². The summed E-state index contributed by atoms with van der Waals surface area (Å²) in [5.41, 5.74) is -0.251. The van der Waals surface area contributed by atoms with Gasteiger partial charge in [-0.2, -0.15) is 0 Å². The van der Waals surface area contributed by atoms with Crippen LogP contribution in [-0.4, -0.2) is 22.2 Å². The highest BCUT2D eigenvalue weighted by molar-refractivity contribution is 6.35. The number of aromatic nitrogens is 1. The molecular weight excluding hydrogens is 235 g/mol. The van der Waals surface area contributed by atoms with Crippen molar-refractivity contribution in [2.75, 3.05) is 11.9 Å². The van der Waals surface area contributed by atoms with Crippen LogP contribution in [0.5, 0.6) is 0 Å². The molecule has 0 unspecified atom stereocenters. The normalized spacial score (nSPS) is 11.5. The smallest absolute Gasteiger partial charge is 0.145 e. The van der Waals surface area contributed by atoms with Crippen LogP contribution in [0.2, 0.25) is 10.0 Å². The molecule has 0 radical (unpaired) electrons. The molecule has 1 rings (SSSR count). The Balaban J connectivity index is 2.80. The molecule has 5 heteroatoms. The monoisotopic (exact) mass is 248 g/mol. The fourth-order valence-corrected chi connectivity index (χ4v) is 1.60. The summed E-state index contributed by atoms with van der Waals surface area (Å²) in [6, 6.07) is 1.63. The van der Waals surface area contributed by atoms with E-state index in [0.29, 0.717) is 22.3 Å². The van der Waals surface area contributed by atoms with Gasteiger partial charge in [0.25, 0.3) is 0 Å². The summed E-state index contributed by atoms with van der Waals surface area (Å²) < 4.78 is 0. The zero-order valence-corrected chi connectivity index (χ0v) is 10.2. The lowest BCUT2D eigenvalue weighted by atomic mass is 10.0. The molecule has 2 N–H and O–H groups in total. The zero-order chi connectivity index (χ0) is 11.5. The van der Waals surface area contributed by atoms with E-state index in [-0.39, 0.29) is 12.1 Å². The summed E-state index contributed by atoms with van der Waals surface area (Å²) in [7, 11) is 0. The molecule has 0 aliphatic heterocycles. The first-order valence-corrected chi connectivity index (χ1v) is 5.40. The molecule has 0 fully saturated rings. The summed E-state index contributed by atoms with van der Waals surface area (Å²) in [6.07, 6.45) is 2.15. The van der Waals surface area contributed by atoms with Crippen molar-refractivity contribution in [3.05, 3.63) is 22.3 Å². The van der Waals surface area contributed by atoms with Gasteiger partial charge in [-0.15, -0.1) is 0 Å². The molecule has 0 aromatic carbocycles. The van der Waals surface area contributed by atoms with E-state index in [1.165, 1.54) is 6.20 Å². The van der Waals surface area contributed by atoms with Gasteiger partial charge in [-0.3, -0.25) is 0 Å². The highest BCUT2D eigenvalue weighted by Crippen LogP contribution is 2.26. The Labute approximate surface area is 99.4 Å². The number of pyridine rings is 1. The number of aliphatic hydroxyl groups is 1. The second-order valence-electron chi connectivity index (χ2n) is 3.97. The molecular formula is C10H14Cl2N2O. The maximum atomic E-state index is 8.88. The van der Waals surface area contributed by atoms with Crippen molar-refractivity contribution in [2.24, 2.45) is 0 Å². The summed E-state index contributed by atoms with van der Waals surface area (Å²) in [6.45, 7) is 4.05. The van der Waals surface area contributed by atoms with Crippen molar-refractivity contribution in [3.63, 3.8) is 0 Å². The lowest BCUT2D eigenvalue weighted by Gasteiger charge is -2.26. The number of aliphatic hydroxyl groups excluding tert-OH is 1. The fourth-order valence-electron chi connectivity index (χ4n) is 1.17. The Morgan fingerprint density at radius 1 is 1.47 bits per heavy atom. The van der Waals surface area contributed by atoms with Crippen LogP contribution in [0.4, 0.5) is 5.82 Å². The van der Waals surface area contributed by atoms with E-state index in [9.17, 15) is 0 Å². The minimum atomic E-state index is -0.251. The average molecular weight is 249 g/mol. The third-order valence-corrected chi connectivity index (χ3v) is 2.50. The fraction of sp³-hybridized carbons (Fsp3) is 0.500. The molecule has 15 heavy (non-hydrogen) atoms. The van der Waals surface area contributed by atoms with E-state index in [1.807, 2.05) is 13.8 Å². The van der Waals surface area contributed by atoms with Gasteiger partial charge >= 0.3 is 0 Å². The van der Waals surface area contributed by atoms with Crippen LogP contribution >= 0.6 is 23.2 Å². The van der Waals surface area contributed by atoms with Crippen LogP contribution in [0.3, 0.4) is 0 Å². The van der Waals surface area contributed by atoms with E-state index in [1.54, 1.807) is 6.07 Å². The van der Waals surface area contributed by atoms with E-state index in [4.69, 9.17) is 28.3 Å². The van der Waals surface area contributed by atoms with Crippen molar-refractivity contribution >= 4 is 29.0 Å². The van der Waals surface area contributed by atoms with Gasteiger partial charge in [0.1, 0.15) is 5.82 Å². The van der Waals surface area contributed by atoms with Crippen LogP contribution in [0, 0.1) is 0 Å². The highest BCUT2D eigenvalue weighted by atomic mass is 35.5. The SMILES string of the molecule is CC(C)(CCO)Nc1ncc(Cl)cc1Cl. The molecule has 1 aromatic rings. The molecule has 0 atom stereocenters. The van der Waals surface area contributed by atoms with Crippen molar-refractivity contribution in [3.8, 4) is 0 Å². The minimum Gasteiger partial charge on any atom is -0.396 e. The lowest BCUT2D eigenvalue weighted by molar-refractivity contribution is 0.260. The molecule has 0 bridgehead atoms. The van der Waals surface area contributed by atoms with Gasteiger partial charge in [-0.25, -0.2) is 4.98 Å². The Morgan fingerprint density at radius 2 is 2.13 bits per heavy atom. The maximum Gasteiger partial charge on any atom is 0.145 e. The summed E-state index contributed by atoms with van der Waals surface area (Å²) in [4.78, 5) is 4.09. The molecule has 0 amide bonds. The predicted octanol–water partition coefficient (Wildman–Crippen LogP) is 2.96. The van der Waals surface area contributed by atoms with Gasteiger partial charge in [-0.1, -0.05) is 23.2 Å². The first-order valence-electron chi connectivity index (χ1n) is 4.65. The number of halogens is 2. The second kappa shape index (κ2) is 5.01. The first kappa shape index (κ1) is 12.6. The van der Waals surface area contributed by atoms with Gasteiger partial charge in [0.05, 0.1) is 10.0 Å². The van der Waals surface area contributed by atoms with Crippen LogP contribution < -0.4 is 5.32 Å². The minimum absolute atomic E-state index is 0.116. The van der Waals surface area contributed by atoms with Crippen molar-refractivity contribution < 1.29 is 5.11 Å². The number of nitrogens with one attached hydrogen (secondary N) is 1. The third kappa shape index (κ3) is 3.86. The summed E-state index contributed by atoms with van der Waals surface area (Å²) >= 11 is 11.7. The molecule has 84 valence electrons. The van der Waals surface area contributed by atoms with E-state index < -0.39 is 0 Å². The molecule has 1 heterocycles. The Kier molecular flexibility index (Phi) is 4.20. The van der Waals surface area contributed by atoms with Gasteiger partial charge < -0.3 is 10.4 Å². The summed E-state index contributed by atoms with van der Waals surface area (Å²) in [5, 5.41) is 13.0.